The topological polar surface area (TPSA) is 9.23 Å². The fraction of sp³-hybridized carbons (Fsp3) is 1.00. The molecule has 0 fully saturated rings. The molecule has 0 aromatic heterocycles. The molecule has 0 amide bonds. The van der Waals surface area contributed by atoms with E-state index in [0.29, 0.717) is 0 Å². The summed E-state index contributed by atoms with van der Waals surface area (Å²) in [5.41, 5.74) is 0.0817. The zero-order valence-electron chi connectivity index (χ0n) is 5.16. The zero-order valence-corrected chi connectivity index (χ0v) is 9.13. The molecule has 0 saturated carbocycles. The van der Waals surface area contributed by atoms with Crippen molar-refractivity contribution in [3.05, 3.63) is 0 Å². The monoisotopic (exact) mass is 233 g/mol. The first kappa shape index (κ1) is 16.2. The third-order valence-electron chi connectivity index (χ3n) is 0.306. The van der Waals surface area contributed by atoms with Crippen LogP contribution in [0.1, 0.15) is 20.8 Å². The molecule has 0 aromatic carbocycles. The van der Waals surface area contributed by atoms with E-state index in [1.807, 2.05) is 20.8 Å². The van der Waals surface area contributed by atoms with Crippen LogP contribution >= 0.6 is 0 Å². The minimum Gasteiger partial charge on any atom is -1.00 e. The van der Waals surface area contributed by atoms with E-state index in [1.54, 1.807) is 0 Å². The first-order valence-corrected chi connectivity index (χ1v) is 2.91. The molecule has 0 aliphatic heterocycles. The molecule has 0 aliphatic rings. The fourth-order valence-corrected chi connectivity index (χ4v) is 0. The van der Waals surface area contributed by atoms with Crippen LogP contribution in [-0.4, -0.2) is 5.60 Å². The Balaban J connectivity index is -0.000000125. The maximum atomic E-state index is 5.03. The molecule has 0 saturated heterocycles. The second kappa shape index (κ2) is 6.54. The van der Waals surface area contributed by atoms with Crippen molar-refractivity contribution >= 4 is 0 Å². The van der Waals surface area contributed by atoms with Gasteiger partial charge in [0.2, 0.25) is 0 Å². The summed E-state index contributed by atoms with van der Waals surface area (Å²) < 4.78 is 5.03. The van der Waals surface area contributed by atoms with Crippen LogP contribution in [0.5, 0.6) is 0 Å². The van der Waals surface area contributed by atoms with Crippen molar-refractivity contribution in [2.24, 2.45) is 0 Å². The summed E-state index contributed by atoms with van der Waals surface area (Å²) in [5, 5.41) is 0. The van der Waals surface area contributed by atoms with E-state index in [0.717, 1.165) is 25.2 Å². The molecule has 0 unspecified atom stereocenters. The van der Waals surface area contributed by atoms with Crippen molar-refractivity contribution in [2.45, 2.75) is 26.4 Å². The number of rotatable bonds is 0. The molecule has 0 atom stereocenters. The molecule has 0 rings (SSSR count). The molecule has 0 aromatic rings. The molecule has 0 spiro atoms. The summed E-state index contributed by atoms with van der Waals surface area (Å²) in [6, 6.07) is 0. The molecule has 8 heavy (non-hydrogen) atoms. The second-order valence-electron chi connectivity index (χ2n) is 2.21. The van der Waals surface area contributed by atoms with Crippen LogP contribution in [0.25, 0.3) is 0 Å². The van der Waals surface area contributed by atoms with Crippen molar-refractivity contribution in [1.82, 2.24) is 0 Å². The summed E-state index contributed by atoms with van der Waals surface area (Å²) >= 11 is 1.15. The molecule has 1 nitrogen and oxygen atoms in total. The van der Waals surface area contributed by atoms with E-state index in [2.05, 4.69) is 0 Å². The Hall–Kier alpha value is 1.42. The van der Waals surface area contributed by atoms with E-state index < -0.39 is 0 Å². The van der Waals surface area contributed by atoms with Gasteiger partial charge >= 0.3 is 54.3 Å². The Morgan fingerprint density at radius 2 is 1.25 bits per heavy atom. The van der Waals surface area contributed by atoms with Gasteiger partial charge < -0.3 is 24.8 Å². The van der Waals surface area contributed by atoms with Crippen molar-refractivity contribution in [2.75, 3.05) is 0 Å². The molecular weight excluding hydrogens is 226 g/mol. The van der Waals surface area contributed by atoms with Crippen LogP contribution in [0.2, 0.25) is 0 Å². The van der Waals surface area contributed by atoms with Crippen molar-refractivity contribution in [1.29, 1.82) is 0 Å². The molecular formula is C4H9Cl2OZr. The molecule has 49 valence electrons. The normalized spacial score (nSPS) is 9.12. The Kier molecular flexibility index (Phi) is 13.3. The molecule has 0 N–H and O–H groups in total. The Morgan fingerprint density at radius 3 is 1.25 bits per heavy atom. The predicted molar refractivity (Wildman–Crippen MR) is 20.8 cm³/mol. The quantitative estimate of drug-likeness (QED) is 0.410. The first-order valence-electron chi connectivity index (χ1n) is 1.91. The maximum Gasteiger partial charge on any atom is -1.00 e. The van der Waals surface area contributed by atoms with Crippen LogP contribution in [0.15, 0.2) is 0 Å². The summed E-state index contributed by atoms with van der Waals surface area (Å²) in [6.45, 7) is 6.13. The smallest absolute Gasteiger partial charge is 1.00 e. The molecule has 0 bridgehead atoms. The SMILES string of the molecule is CC(C)(C)[O][Zr+2].[Cl-].[Cl-]. The van der Waals surface area contributed by atoms with Crippen LogP contribution in [0, 0.1) is 0 Å². The van der Waals surface area contributed by atoms with Gasteiger partial charge in [-0.3, -0.25) is 0 Å². The fourth-order valence-electron chi connectivity index (χ4n) is 0. The van der Waals surface area contributed by atoms with Crippen LogP contribution in [-0.2, 0) is 28.0 Å². The number of halogens is 2. The average molecular weight is 235 g/mol. The number of hydrogen-bond acceptors (Lipinski definition) is 1. The predicted octanol–water partition coefficient (Wildman–Crippen LogP) is -4.73. The van der Waals surface area contributed by atoms with Gasteiger partial charge in [0, 0.05) is 0 Å². The van der Waals surface area contributed by atoms with Gasteiger partial charge in [-0.05, 0) is 0 Å². The average Bonchev–Trinajstić information content (AvgIpc) is 1.35. The van der Waals surface area contributed by atoms with Gasteiger partial charge in [-0.2, -0.15) is 0 Å². The van der Waals surface area contributed by atoms with Gasteiger partial charge in [0.05, 0.1) is 0 Å². The third-order valence-corrected chi connectivity index (χ3v) is 1.81. The van der Waals surface area contributed by atoms with Gasteiger partial charge in [-0.15, -0.1) is 0 Å². The minimum atomic E-state index is 0. The van der Waals surface area contributed by atoms with E-state index >= 15 is 0 Å². The maximum absolute atomic E-state index is 5.03. The number of hydrogen-bond donors (Lipinski definition) is 0. The third kappa shape index (κ3) is 15.7. The van der Waals surface area contributed by atoms with Crippen molar-refractivity contribution in [3.63, 3.8) is 0 Å². The van der Waals surface area contributed by atoms with Crippen LogP contribution in [0.4, 0.5) is 0 Å². The summed E-state index contributed by atoms with van der Waals surface area (Å²) in [4.78, 5) is 0. The molecule has 0 radical (unpaired) electrons. The van der Waals surface area contributed by atoms with E-state index in [4.69, 9.17) is 2.81 Å². The first-order chi connectivity index (χ1) is 2.56. The van der Waals surface area contributed by atoms with Gasteiger partial charge in [-0.25, -0.2) is 0 Å². The molecule has 4 heteroatoms. The zero-order chi connectivity index (χ0) is 5.21. The largest absolute Gasteiger partial charge is 1.00 e. The summed E-state index contributed by atoms with van der Waals surface area (Å²) in [6.07, 6.45) is 0. The Labute approximate surface area is 78.8 Å². The van der Waals surface area contributed by atoms with E-state index in [-0.39, 0.29) is 30.4 Å². The van der Waals surface area contributed by atoms with Gasteiger partial charge in [-0.1, -0.05) is 0 Å². The van der Waals surface area contributed by atoms with Crippen LogP contribution in [0.3, 0.4) is 0 Å². The summed E-state index contributed by atoms with van der Waals surface area (Å²) in [7, 11) is 0. The van der Waals surface area contributed by atoms with Gasteiger partial charge in [0.1, 0.15) is 0 Å². The van der Waals surface area contributed by atoms with Gasteiger partial charge in [0.25, 0.3) is 0 Å². The van der Waals surface area contributed by atoms with Crippen molar-refractivity contribution < 1.29 is 52.8 Å². The summed E-state index contributed by atoms with van der Waals surface area (Å²) in [5.74, 6) is 0. The minimum absolute atomic E-state index is 0. The van der Waals surface area contributed by atoms with E-state index in [9.17, 15) is 0 Å². The van der Waals surface area contributed by atoms with Gasteiger partial charge in [0.15, 0.2) is 0 Å². The second-order valence-corrected chi connectivity index (χ2v) is 2.72. The molecule has 0 aliphatic carbocycles. The molecule has 0 heterocycles. The van der Waals surface area contributed by atoms with Crippen molar-refractivity contribution in [3.8, 4) is 0 Å². The van der Waals surface area contributed by atoms with E-state index in [1.165, 1.54) is 0 Å². The Bertz CT molecular complexity index is 43.8. The van der Waals surface area contributed by atoms with Crippen LogP contribution < -0.4 is 24.8 Å². The Morgan fingerprint density at radius 1 is 1.12 bits per heavy atom. The standard InChI is InChI=1S/C4H9O.2ClH.Zr/c1-4(2,3)5;;;/h1-3H3;2*1H;/q-1;;;+3/p-2.